The van der Waals surface area contributed by atoms with E-state index in [2.05, 4.69) is 22.1 Å². The lowest BCUT2D eigenvalue weighted by molar-refractivity contribution is 0.821. The van der Waals surface area contributed by atoms with Crippen molar-refractivity contribution >= 4 is 11.9 Å². The van der Waals surface area contributed by atoms with Gasteiger partial charge in [-0.15, -0.1) is 5.10 Å². The van der Waals surface area contributed by atoms with Crippen LogP contribution in [0.3, 0.4) is 0 Å². The van der Waals surface area contributed by atoms with Crippen LogP contribution in [0.15, 0.2) is 0 Å². The van der Waals surface area contributed by atoms with Crippen LogP contribution in [0.5, 0.6) is 0 Å². The van der Waals surface area contributed by atoms with Gasteiger partial charge in [-0.2, -0.15) is 4.98 Å². The van der Waals surface area contributed by atoms with Gasteiger partial charge in [0.05, 0.1) is 0 Å². The molecule has 0 aliphatic heterocycles. The number of nitrogens with two attached hydrogens (primary N) is 1. The SMILES string of the molecule is CCCN(C)c1n[nH]c(N)n1. The molecule has 3 N–H and O–H groups in total. The van der Waals surface area contributed by atoms with Crippen molar-refractivity contribution in [2.45, 2.75) is 13.3 Å². The molecule has 0 saturated carbocycles. The predicted octanol–water partition coefficient (Wildman–Crippen LogP) is 0.233. The van der Waals surface area contributed by atoms with Crippen LogP contribution in [0.25, 0.3) is 0 Å². The standard InChI is InChI=1S/C6H13N5/c1-3-4-11(2)6-8-5(7)9-10-6/h3-4H2,1-2H3,(H3,7,8,9,10). The van der Waals surface area contributed by atoms with Crippen molar-refractivity contribution in [3.8, 4) is 0 Å². The molecule has 11 heavy (non-hydrogen) atoms. The molecule has 0 amide bonds. The largest absolute Gasteiger partial charge is 0.368 e. The molecule has 5 heteroatoms. The molecule has 1 aromatic heterocycles. The average Bonchev–Trinajstić information content (AvgIpc) is 2.36. The van der Waals surface area contributed by atoms with Crippen molar-refractivity contribution in [1.82, 2.24) is 15.2 Å². The number of rotatable bonds is 3. The number of hydrogen-bond acceptors (Lipinski definition) is 4. The monoisotopic (exact) mass is 155 g/mol. The molecule has 0 unspecified atom stereocenters. The zero-order valence-electron chi connectivity index (χ0n) is 6.83. The second-order valence-electron chi connectivity index (χ2n) is 2.44. The molecular weight excluding hydrogens is 142 g/mol. The van der Waals surface area contributed by atoms with Crippen LogP contribution in [-0.4, -0.2) is 28.8 Å². The number of aromatic amines is 1. The lowest BCUT2D eigenvalue weighted by atomic mass is 10.4. The van der Waals surface area contributed by atoms with Gasteiger partial charge in [0.15, 0.2) is 0 Å². The highest BCUT2D eigenvalue weighted by Gasteiger charge is 2.03. The highest BCUT2D eigenvalue weighted by molar-refractivity contribution is 5.32. The van der Waals surface area contributed by atoms with Crippen molar-refractivity contribution in [2.24, 2.45) is 0 Å². The van der Waals surface area contributed by atoms with Crippen LogP contribution in [-0.2, 0) is 0 Å². The van der Waals surface area contributed by atoms with Gasteiger partial charge in [0.25, 0.3) is 0 Å². The van der Waals surface area contributed by atoms with Crippen molar-refractivity contribution < 1.29 is 0 Å². The normalized spacial score (nSPS) is 10.0. The molecular formula is C6H13N5. The molecule has 0 aliphatic rings. The molecule has 0 saturated heterocycles. The van der Waals surface area contributed by atoms with E-state index in [1.165, 1.54) is 0 Å². The Morgan fingerprint density at radius 1 is 1.64 bits per heavy atom. The Morgan fingerprint density at radius 2 is 2.36 bits per heavy atom. The van der Waals surface area contributed by atoms with E-state index in [0.29, 0.717) is 11.9 Å². The highest BCUT2D eigenvalue weighted by Crippen LogP contribution is 2.04. The minimum Gasteiger partial charge on any atom is -0.368 e. The van der Waals surface area contributed by atoms with Crippen LogP contribution >= 0.6 is 0 Å². The summed E-state index contributed by atoms with van der Waals surface area (Å²) < 4.78 is 0. The zero-order chi connectivity index (χ0) is 8.27. The Hall–Kier alpha value is -1.26. The zero-order valence-corrected chi connectivity index (χ0v) is 6.83. The van der Waals surface area contributed by atoms with Gasteiger partial charge in [0.2, 0.25) is 11.9 Å². The molecule has 0 fully saturated rings. The van der Waals surface area contributed by atoms with Crippen LogP contribution in [0.4, 0.5) is 11.9 Å². The summed E-state index contributed by atoms with van der Waals surface area (Å²) in [6, 6.07) is 0. The molecule has 0 spiro atoms. The first kappa shape index (κ1) is 7.84. The third-order valence-corrected chi connectivity index (χ3v) is 1.39. The number of hydrogen-bond donors (Lipinski definition) is 2. The summed E-state index contributed by atoms with van der Waals surface area (Å²) in [6.07, 6.45) is 1.07. The third-order valence-electron chi connectivity index (χ3n) is 1.39. The number of anilines is 2. The number of H-pyrrole nitrogens is 1. The lowest BCUT2D eigenvalue weighted by Gasteiger charge is -2.11. The summed E-state index contributed by atoms with van der Waals surface area (Å²) >= 11 is 0. The fraction of sp³-hybridized carbons (Fsp3) is 0.667. The fourth-order valence-corrected chi connectivity index (χ4v) is 0.871. The molecule has 0 bridgehead atoms. The molecule has 1 rings (SSSR count). The highest BCUT2D eigenvalue weighted by atomic mass is 15.4. The van der Waals surface area contributed by atoms with E-state index in [1.54, 1.807) is 0 Å². The first-order valence-corrected chi connectivity index (χ1v) is 3.63. The van der Waals surface area contributed by atoms with Gasteiger partial charge in [-0.05, 0) is 6.42 Å². The van der Waals surface area contributed by atoms with Crippen LogP contribution in [0, 0.1) is 0 Å². The molecule has 0 aromatic carbocycles. The van der Waals surface area contributed by atoms with Crippen molar-refractivity contribution in [3.05, 3.63) is 0 Å². The number of aromatic nitrogens is 3. The van der Waals surface area contributed by atoms with Crippen molar-refractivity contribution in [2.75, 3.05) is 24.2 Å². The van der Waals surface area contributed by atoms with E-state index in [-0.39, 0.29) is 0 Å². The molecule has 1 aromatic rings. The van der Waals surface area contributed by atoms with E-state index < -0.39 is 0 Å². The summed E-state index contributed by atoms with van der Waals surface area (Å²) in [5, 5.41) is 6.48. The third kappa shape index (κ3) is 1.83. The van der Waals surface area contributed by atoms with Gasteiger partial charge >= 0.3 is 0 Å². The van der Waals surface area contributed by atoms with E-state index in [1.807, 2.05) is 11.9 Å². The summed E-state index contributed by atoms with van der Waals surface area (Å²) in [5.74, 6) is 1.02. The van der Waals surface area contributed by atoms with Gasteiger partial charge < -0.3 is 10.6 Å². The smallest absolute Gasteiger partial charge is 0.246 e. The summed E-state index contributed by atoms with van der Waals surface area (Å²) in [5.41, 5.74) is 5.36. The predicted molar refractivity (Wildman–Crippen MR) is 44.4 cm³/mol. The lowest BCUT2D eigenvalue weighted by Crippen LogP contribution is -2.19. The van der Waals surface area contributed by atoms with Gasteiger partial charge in [0.1, 0.15) is 0 Å². The fourth-order valence-electron chi connectivity index (χ4n) is 0.871. The van der Waals surface area contributed by atoms with E-state index in [4.69, 9.17) is 5.73 Å². The van der Waals surface area contributed by atoms with E-state index in [0.717, 1.165) is 13.0 Å². The van der Waals surface area contributed by atoms with Gasteiger partial charge in [0, 0.05) is 13.6 Å². The maximum atomic E-state index is 5.36. The summed E-state index contributed by atoms with van der Waals surface area (Å²) in [4.78, 5) is 5.92. The molecule has 62 valence electrons. The van der Waals surface area contributed by atoms with Gasteiger partial charge in [-0.3, -0.25) is 0 Å². The summed E-state index contributed by atoms with van der Waals surface area (Å²) in [7, 11) is 1.94. The molecule has 5 nitrogen and oxygen atoms in total. The van der Waals surface area contributed by atoms with E-state index >= 15 is 0 Å². The molecule has 0 radical (unpaired) electrons. The molecule has 0 atom stereocenters. The molecule has 1 heterocycles. The van der Waals surface area contributed by atoms with Crippen LogP contribution in [0.2, 0.25) is 0 Å². The minimum absolute atomic E-state index is 0.364. The van der Waals surface area contributed by atoms with E-state index in [9.17, 15) is 0 Å². The minimum atomic E-state index is 0.364. The summed E-state index contributed by atoms with van der Waals surface area (Å²) in [6.45, 7) is 3.05. The first-order chi connectivity index (χ1) is 5.24. The Labute approximate surface area is 65.6 Å². The second kappa shape index (κ2) is 3.23. The Bertz CT molecular complexity index is 219. The Balaban J connectivity index is 2.60. The average molecular weight is 155 g/mol. The van der Waals surface area contributed by atoms with Crippen molar-refractivity contribution in [3.63, 3.8) is 0 Å². The number of nitrogens with zero attached hydrogens (tertiary/aromatic N) is 3. The first-order valence-electron chi connectivity index (χ1n) is 3.63. The quantitative estimate of drug-likeness (QED) is 0.655. The number of nitrogens with one attached hydrogen (secondary N) is 1. The maximum absolute atomic E-state index is 5.36. The van der Waals surface area contributed by atoms with Gasteiger partial charge in [-0.1, -0.05) is 6.92 Å². The maximum Gasteiger partial charge on any atom is 0.246 e. The Morgan fingerprint density at radius 3 is 2.82 bits per heavy atom. The second-order valence-corrected chi connectivity index (χ2v) is 2.44. The molecule has 0 aliphatic carbocycles. The Kier molecular flexibility index (Phi) is 2.30. The van der Waals surface area contributed by atoms with Crippen LogP contribution in [0.1, 0.15) is 13.3 Å². The topological polar surface area (TPSA) is 70.8 Å². The van der Waals surface area contributed by atoms with Crippen LogP contribution < -0.4 is 10.6 Å². The van der Waals surface area contributed by atoms with Gasteiger partial charge in [-0.25, -0.2) is 5.10 Å². The van der Waals surface area contributed by atoms with Crippen molar-refractivity contribution in [1.29, 1.82) is 0 Å². The number of nitrogen functional groups attached to an aromatic ring is 1.